The second-order valence-electron chi connectivity index (χ2n) is 7.62. The highest BCUT2D eigenvalue weighted by Gasteiger charge is 2.19. The van der Waals surface area contributed by atoms with Crippen LogP contribution in [0.2, 0.25) is 5.15 Å². The summed E-state index contributed by atoms with van der Waals surface area (Å²) >= 11 is 6.21. The summed E-state index contributed by atoms with van der Waals surface area (Å²) in [7, 11) is 1.62. The largest absolute Gasteiger partial charge is 0.494 e. The molecule has 8 nitrogen and oxygen atoms in total. The van der Waals surface area contributed by atoms with Crippen LogP contribution in [0.4, 0.5) is 11.4 Å². The Hall–Kier alpha value is -3.36. The van der Waals surface area contributed by atoms with Gasteiger partial charge in [-0.25, -0.2) is 4.98 Å². The quantitative estimate of drug-likeness (QED) is 0.432. The van der Waals surface area contributed by atoms with Gasteiger partial charge in [-0.1, -0.05) is 23.7 Å². The van der Waals surface area contributed by atoms with Crippen LogP contribution in [0.3, 0.4) is 0 Å². The van der Waals surface area contributed by atoms with E-state index in [1.165, 1.54) is 0 Å². The number of pyridine rings is 2. The normalized spacial score (nSPS) is 14.6. The van der Waals surface area contributed by atoms with E-state index in [9.17, 15) is 4.79 Å². The van der Waals surface area contributed by atoms with Gasteiger partial charge in [0.15, 0.2) is 0 Å². The van der Waals surface area contributed by atoms with E-state index < -0.39 is 0 Å². The Morgan fingerprint density at radius 3 is 2.91 bits per heavy atom. The number of ether oxygens (including phenoxy) is 2. The number of para-hydroxylation sites is 1. The number of fused-ring (bicyclic) bond motifs is 1. The number of methoxy groups -OCH3 is 1. The van der Waals surface area contributed by atoms with Gasteiger partial charge in [-0.2, -0.15) is 5.10 Å². The van der Waals surface area contributed by atoms with E-state index >= 15 is 0 Å². The first-order chi connectivity index (χ1) is 15.6. The van der Waals surface area contributed by atoms with E-state index in [4.69, 9.17) is 21.1 Å². The first kappa shape index (κ1) is 20.5. The molecule has 1 fully saturated rings. The molecule has 4 aromatic rings. The Bertz CT molecular complexity index is 1330. The molecular weight excluding hydrogens is 430 g/mol. The van der Waals surface area contributed by atoms with Gasteiger partial charge in [0.25, 0.3) is 5.56 Å². The lowest BCUT2D eigenvalue weighted by molar-refractivity contribution is 0.0662. The van der Waals surface area contributed by atoms with Gasteiger partial charge in [-0.3, -0.25) is 9.48 Å². The first-order valence-corrected chi connectivity index (χ1v) is 10.8. The molecule has 0 atom stereocenters. The maximum Gasteiger partial charge on any atom is 0.259 e. The van der Waals surface area contributed by atoms with Gasteiger partial charge in [0, 0.05) is 36.7 Å². The van der Waals surface area contributed by atoms with Crippen LogP contribution >= 0.6 is 11.6 Å². The summed E-state index contributed by atoms with van der Waals surface area (Å²) in [6, 6.07) is 9.49. The molecule has 1 aliphatic rings. The maximum atomic E-state index is 12.5. The monoisotopic (exact) mass is 451 g/mol. The predicted molar refractivity (Wildman–Crippen MR) is 124 cm³/mol. The molecule has 0 saturated carbocycles. The van der Waals surface area contributed by atoms with Crippen molar-refractivity contribution in [3.8, 4) is 16.9 Å². The van der Waals surface area contributed by atoms with Crippen molar-refractivity contribution in [1.29, 1.82) is 0 Å². The first-order valence-electron chi connectivity index (χ1n) is 10.4. The molecule has 0 spiro atoms. The summed E-state index contributed by atoms with van der Waals surface area (Å²) in [6.07, 6.45) is 7.34. The smallest absolute Gasteiger partial charge is 0.259 e. The van der Waals surface area contributed by atoms with Crippen molar-refractivity contribution in [2.75, 3.05) is 25.6 Å². The molecule has 5 rings (SSSR count). The number of H-pyrrole nitrogens is 1. The van der Waals surface area contributed by atoms with Crippen molar-refractivity contribution in [2.45, 2.75) is 18.9 Å². The maximum absolute atomic E-state index is 12.5. The Morgan fingerprint density at radius 1 is 1.25 bits per heavy atom. The molecule has 0 aliphatic carbocycles. The molecule has 32 heavy (non-hydrogen) atoms. The molecule has 1 saturated heterocycles. The minimum absolute atomic E-state index is 0.248. The standard InChI is InChI=1S/C23H22ClN5O3/c1-31-22-16(14-12-26-29(13-14)15-6-9-32-10-7-15)3-2-4-18(22)27-19-11-20(24)28-17-5-8-25-23(30)21(17)19/h2-5,8,11-13,15H,6-7,9-10H2,1H3,(H,25,30)(H,27,28). The van der Waals surface area contributed by atoms with Crippen molar-refractivity contribution in [2.24, 2.45) is 0 Å². The SMILES string of the molecule is COc1c(Nc2cc(Cl)nc3cc[nH]c(=O)c23)cccc1-c1cnn(C2CCOCC2)c1. The zero-order valence-electron chi connectivity index (χ0n) is 17.5. The molecule has 3 aromatic heterocycles. The number of benzene rings is 1. The van der Waals surface area contributed by atoms with E-state index in [-0.39, 0.29) is 5.56 Å². The Kier molecular flexibility index (Phi) is 5.55. The number of halogens is 1. The fourth-order valence-corrected chi connectivity index (χ4v) is 4.31. The summed E-state index contributed by atoms with van der Waals surface area (Å²) in [5.74, 6) is 0.646. The third kappa shape index (κ3) is 3.83. The molecule has 2 N–H and O–H groups in total. The molecule has 1 aromatic carbocycles. The van der Waals surface area contributed by atoms with Crippen LogP contribution in [0.5, 0.6) is 5.75 Å². The number of aromatic nitrogens is 4. The second-order valence-corrected chi connectivity index (χ2v) is 8.01. The van der Waals surface area contributed by atoms with Crippen LogP contribution in [0.1, 0.15) is 18.9 Å². The Morgan fingerprint density at radius 2 is 2.09 bits per heavy atom. The molecule has 1 aliphatic heterocycles. The van der Waals surface area contributed by atoms with Gasteiger partial charge in [-0.05, 0) is 31.0 Å². The minimum atomic E-state index is -0.248. The van der Waals surface area contributed by atoms with Crippen LogP contribution in [0.15, 0.2) is 53.7 Å². The van der Waals surface area contributed by atoms with E-state index in [1.807, 2.05) is 35.3 Å². The Labute approximate surface area is 189 Å². The number of hydrogen-bond acceptors (Lipinski definition) is 6. The summed E-state index contributed by atoms with van der Waals surface area (Å²) in [6.45, 7) is 1.51. The number of hydrogen-bond donors (Lipinski definition) is 2. The second kappa shape index (κ2) is 8.64. The number of rotatable bonds is 5. The fourth-order valence-electron chi connectivity index (χ4n) is 4.11. The van der Waals surface area contributed by atoms with Gasteiger partial charge in [-0.15, -0.1) is 0 Å². The van der Waals surface area contributed by atoms with Crippen LogP contribution in [-0.2, 0) is 4.74 Å². The number of aromatic amines is 1. The van der Waals surface area contributed by atoms with Crippen molar-refractivity contribution >= 4 is 33.9 Å². The molecule has 4 heterocycles. The van der Waals surface area contributed by atoms with Crippen LogP contribution < -0.4 is 15.6 Å². The van der Waals surface area contributed by atoms with E-state index in [0.717, 1.165) is 37.2 Å². The van der Waals surface area contributed by atoms with Crippen LogP contribution in [0, 0.1) is 0 Å². The molecule has 0 amide bonds. The average Bonchev–Trinajstić information content (AvgIpc) is 3.29. The minimum Gasteiger partial charge on any atom is -0.494 e. The van der Waals surface area contributed by atoms with E-state index in [0.29, 0.717) is 39.2 Å². The molecule has 0 bridgehead atoms. The average molecular weight is 452 g/mol. The lowest BCUT2D eigenvalue weighted by Gasteiger charge is -2.22. The van der Waals surface area contributed by atoms with Crippen LogP contribution in [0.25, 0.3) is 22.0 Å². The molecule has 164 valence electrons. The fraction of sp³-hybridized carbons (Fsp3) is 0.261. The summed E-state index contributed by atoms with van der Waals surface area (Å²) in [5.41, 5.74) is 3.37. The van der Waals surface area contributed by atoms with Crippen molar-refractivity contribution in [3.63, 3.8) is 0 Å². The van der Waals surface area contributed by atoms with Gasteiger partial charge in [0.05, 0.1) is 41.6 Å². The number of nitrogens with zero attached hydrogens (tertiary/aromatic N) is 3. The highest BCUT2D eigenvalue weighted by atomic mass is 35.5. The van der Waals surface area contributed by atoms with E-state index in [2.05, 4.69) is 20.4 Å². The van der Waals surface area contributed by atoms with E-state index in [1.54, 1.807) is 25.4 Å². The van der Waals surface area contributed by atoms with Gasteiger partial charge >= 0.3 is 0 Å². The summed E-state index contributed by atoms with van der Waals surface area (Å²) in [4.78, 5) is 19.4. The van der Waals surface area contributed by atoms with Gasteiger partial charge in [0.2, 0.25) is 0 Å². The van der Waals surface area contributed by atoms with Crippen LogP contribution in [-0.4, -0.2) is 40.1 Å². The number of anilines is 2. The summed E-state index contributed by atoms with van der Waals surface area (Å²) in [5, 5.41) is 8.62. The molecule has 9 heteroatoms. The summed E-state index contributed by atoms with van der Waals surface area (Å²) < 4.78 is 13.2. The lowest BCUT2D eigenvalue weighted by Crippen LogP contribution is -2.19. The van der Waals surface area contributed by atoms with Gasteiger partial charge in [0.1, 0.15) is 10.9 Å². The zero-order valence-corrected chi connectivity index (χ0v) is 18.2. The lowest BCUT2D eigenvalue weighted by atomic mass is 10.1. The van der Waals surface area contributed by atoms with Crippen molar-refractivity contribution < 1.29 is 9.47 Å². The third-order valence-corrected chi connectivity index (χ3v) is 5.86. The molecule has 0 unspecified atom stereocenters. The number of nitrogens with one attached hydrogen (secondary N) is 2. The zero-order chi connectivity index (χ0) is 22.1. The van der Waals surface area contributed by atoms with Crippen molar-refractivity contribution in [1.82, 2.24) is 19.7 Å². The van der Waals surface area contributed by atoms with Gasteiger partial charge < -0.3 is 19.8 Å². The highest BCUT2D eigenvalue weighted by molar-refractivity contribution is 6.30. The predicted octanol–water partition coefficient (Wildman–Crippen LogP) is 4.54. The Balaban J connectivity index is 1.54. The third-order valence-electron chi connectivity index (χ3n) is 5.66. The molecular formula is C23H22ClN5O3. The molecule has 0 radical (unpaired) electrons. The highest BCUT2D eigenvalue weighted by Crippen LogP contribution is 2.39. The topological polar surface area (TPSA) is 94.1 Å². The van der Waals surface area contributed by atoms with Crippen molar-refractivity contribution in [3.05, 3.63) is 64.4 Å².